The number of carboxylic acids is 5. The number of aromatic amines is 1. The Labute approximate surface area is 575 Å². The summed E-state index contributed by atoms with van der Waals surface area (Å²) in [6.07, 6.45) is -0.388. The molecule has 0 bridgehead atoms. The van der Waals surface area contributed by atoms with Gasteiger partial charge in [-0.25, -0.2) is 0 Å². The molecule has 7 atom stereocenters. The number of carbonyl (C=O) groups excluding carboxylic acids is 9. The predicted molar refractivity (Wildman–Crippen MR) is 357 cm³/mol. The number of nitrogens with zero attached hydrogens (tertiary/aromatic N) is 4. The van der Waals surface area contributed by atoms with Gasteiger partial charge < -0.3 is 83.9 Å². The van der Waals surface area contributed by atoms with Gasteiger partial charge in [0.1, 0.15) is 48.0 Å². The van der Waals surface area contributed by atoms with Crippen molar-refractivity contribution in [1.82, 2.24) is 67.1 Å². The minimum atomic E-state index is -1.74. The Balaban J connectivity index is 1.28. The second kappa shape index (κ2) is 41.0. The van der Waals surface area contributed by atoms with Crippen LogP contribution in [0.15, 0.2) is 85.1 Å². The number of hydrogen-bond acceptors (Lipinski definition) is 19. The van der Waals surface area contributed by atoms with Crippen LogP contribution in [-0.4, -0.2) is 266 Å². The number of carboxylic acid groups (broad SMARTS) is 5. The number of primary amides is 1. The van der Waals surface area contributed by atoms with Crippen LogP contribution in [-0.2, 0) is 86.4 Å². The molecule has 0 saturated carbocycles. The molecule has 0 unspecified atom stereocenters. The Morgan fingerprint density at radius 3 is 1.47 bits per heavy atom. The summed E-state index contributed by atoms with van der Waals surface area (Å²) in [6.45, 7) is 1.61. The Morgan fingerprint density at radius 2 is 0.920 bits per heavy atom. The summed E-state index contributed by atoms with van der Waals surface area (Å²) in [4.78, 5) is 193. The number of nitrogens with two attached hydrogens (primary N) is 1. The van der Waals surface area contributed by atoms with E-state index in [9.17, 15) is 97.8 Å². The van der Waals surface area contributed by atoms with Gasteiger partial charge in [0.15, 0.2) is 0 Å². The molecule has 5 rings (SSSR count). The van der Waals surface area contributed by atoms with Crippen LogP contribution in [0.25, 0.3) is 10.9 Å². The zero-order valence-electron chi connectivity index (χ0n) is 55.7. The van der Waals surface area contributed by atoms with E-state index in [-0.39, 0.29) is 90.3 Å². The molecule has 1 aliphatic heterocycles. The van der Waals surface area contributed by atoms with Crippen LogP contribution >= 0.6 is 0 Å². The number of fused-ring (bicyclic) bond motifs is 1. The summed E-state index contributed by atoms with van der Waals surface area (Å²) in [5.41, 5.74) is 7.93. The van der Waals surface area contributed by atoms with Gasteiger partial charge in [0.25, 0.3) is 0 Å². The molecule has 17 N–H and O–H groups in total. The zero-order chi connectivity index (χ0) is 73.4. The fraction of sp³-hybridized carbons (Fsp3) is 0.485. The van der Waals surface area contributed by atoms with Crippen LogP contribution < -0.4 is 48.3 Å². The standard InChI is InChI=1S/C66H90N14O20/c1-3-4-13-47(64(98)76-52(34-56(86)87)66(100)74-49(60(67)94)31-41-10-6-5-7-11-41)73-65(99)51(33-43-35-69-46-14-9-8-12-45(43)46)72-53(82)21-22-68-62(96)50(32-42-15-17-44(81)18-16-42)75-61(95)40(2)70-63(97)48(19-20-55(84)85)71-54(83)36-77-23-25-78(37-57(88)89)27-29-80(39-59(92)93)30-28-79(26-24-77)38-58(90)91/h5-12,14-18,35,40,47-52,69,81H,3-4,13,19-34,36-39H2,1-2H3,(H2,67,94)(H,68,96)(H,70,97)(H,71,83)(H,72,82)(H,73,99)(H,74,100)(H,75,95)(H,76,98)(H,84,85)(H,86,87)(H,88,89)(H,90,91)(H,92,93)/t40-,47-,48+,49-,50-,51-,52-/m0/s1. The summed E-state index contributed by atoms with van der Waals surface area (Å²) >= 11 is 0. The van der Waals surface area contributed by atoms with Gasteiger partial charge in [-0.1, -0.05) is 80.4 Å². The lowest BCUT2D eigenvalue weighted by Gasteiger charge is -2.33. The lowest BCUT2D eigenvalue weighted by atomic mass is 10.0. The Bertz CT molecular complexity index is 3450. The third kappa shape index (κ3) is 28.9. The molecule has 2 heterocycles. The Hall–Kier alpha value is -10.6. The first-order valence-electron chi connectivity index (χ1n) is 32.6. The number of unbranched alkanes of at least 4 members (excludes halogenated alkanes) is 1. The van der Waals surface area contributed by atoms with E-state index >= 15 is 0 Å². The van der Waals surface area contributed by atoms with Gasteiger partial charge >= 0.3 is 29.8 Å². The summed E-state index contributed by atoms with van der Waals surface area (Å²) in [6, 6.07) is 10.9. The maximum atomic E-state index is 14.5. The Morgan fingerprint density at radius 1 is 0.460 bits per heavy atom. The number of hydrogen-bond donors (Lipinski definition) is 16. The van der Waals surface area contributed by atoms with Gasteiger partial charge in [-0.15, -0.1) is 0 Å². The Kier molecular flexibility index (Phi) is 32.8. The van der Waals surface area contributed by atoms with Crippen LogP contribution in [0.2, 0.25) is 0 Å². The highest BCUT2D eigenvalue weighted by Crippen LogP contribution is 2.20. The third-order valence-electron chi connectivity index (χ3n) is 16.3. The minimum Gasteiger partial charge on any atom is -0.508 e. The van der Waals surface area contributed by atoms with E-state index in [1.165, 1.54) is 41.0 Å². The molecule has 100 heavy (non-hydrogen) atoms. The van der Waals surface area contributed by atoms with Crippen molar-refractivity contribution >= 4 is 93.9 Å². The predicted octanol–water partition coefficient (Wildman–Crippen LogP) is -2.69. The molecule has 3 aromatic carbocycles. The largest absolute Gasteiger partial charge is 0.508 e. The average molecular weight is 1400 g/mol. The van der Waals surface area contributed by atoms with Crippen molar-refractivity contribution in [2.45, 2.75) is 120 Å². The molecule has 1 saturated heterocycles. The van der Waals surface area contributed by atoms with Gasteiger partial charge in [0.05, 0.1) is 32.6 Å². The van der Waals surface area contributed by atoms with E-state index in [4.69, 9.17) is 5.73 Å². The summed E-state index contributed by atoms with van der Waals surface area (Å²) in [7, 11) is 0. The molecule has 0 spiro atoms. The van der Waals surface area contributed by atoms with Crippen LogP contribution in [0, 0.1) is 0 Å². The third-order valence-corrected chi connectivity index (χ3v) is 16.3. The van der Waals surface area contributed by atoms with Crippen molar-refractivity contribution in [3.8, 4) is 5.75 Å². The highest BCUT2D eigenvalue weighted by molar-refractivity contribution is 5.98. The van der Waals surface area contributed by atoms with Gasteiger partial charge in [-0.05, 0) is 54.7 Å². The number of aromatic nitrogens is 1. The van der Waals surface area contributed by atoms with Crippen LogP contribution in [0.4, 0.5) is 0 Å². The smallest absolute Gasteiger partial charge is 0.317 e. The van der Waals surface area contributed by atoms with E-state index in [0.717, 1.165) is 0 Å². The van der Waals surface area contributed by atoms with Gasteiger partial charge in [0.2, 0.25) is 53.2 Å². The molecule has 34 nitrogen and oxygen atoms in total. The van der Waals surface area contributed by atoms with Gasteiger partial charge in [0, 0.05) is 108 Å². The molecular weight excluding hydrogens is 1310 g/mol. The zero-order valence-corrected chi connectivity index (χ0v) is 55.7. The van der Waals surface area contributed by atoms with Crippen molar-refractivity contribution in [2.24, 2.45) is 5.73 Å². The second-order valence-electron chi connectivity index (χ2n) is 24.2. The number of carbonyl (C=O) groups is 14. The number of aromatic hydroxyl groups is 1. The number of rotatable bonds is 39. The van der Waals surface area contributed by atoms with Crippen LogP contribution in [0.1, 0.15) is 75.5 Å². The first-order valence-corrected chi connectivity index (χ1v) is 32.6. The average Bonchev–Trinajstić information content (AvgIpc) is 1.64. The van der Waals surface area contributed by atoms with Gasteiger partial charge in [-0.3, -0.25) is 86.7 Å². The molecule has 544 valence electrons. The summed E-state index contributed by atoms with van der Waals surface area (Å²) in [5.74, 6) is -14.5. The molecule has 4 aromatic rings. The van der Waals surface area contributed by atoms with Crippen molar-refractivity contribution < 1.29 is 97.8 Å². The lowest BCUT2D eigenvalue weighted by Crippen LogP contribution is -2.59. The fourth-order valence-corrected chi connectivity index (χ4v) is 10.9. The molecule has 1 fully saturated rings. The number of H-pyrrole nitrogens is 1. The number of para-hydroxylation sites is 1. The van der Waals surface area contributed by atoms with Gasteiger partial charge in [-0.2, -0.15) is 0 Å². The number of nitrogens with one attached hydrogen (secondary N) is 9. The van der Waals surface area contributed by atoms with E-state index in [1.54, 1.807) is 70.6 Å². The first-order chi connectivity index (χ1) is 47.5. The second-order valence-corrected chi connectivity index (χ2v) is 24.2. The van der Waals surface area contributed by atoms with Crippen molar-refractivity contribution in [3.05, 3.63) is 102 Å². The summed E-state index contributed by atoms with van der Waals surface area (Å²) < 4.78 is 0. The molecular formula is C66H90N14O20. The monoisotopic (exact) mass is 1400 g/mol. The molecule has 1 aliphatic rings. The minimum absolute atomic E-state index is 0.00639. The maximum absolute atomic E-state index is 14.5. The maximum Gasteiger partial charge on any atom is 0.317 e. The first kappa shape index (κ1) is 80.1. The van der Waals surface area contributed by atoms with E-state index in [1.807, 2.05) is 6.92 Å². The molecule has 9 amide bonds. The fourth-order valence-electron chi connectivity index (χ4n) is 10.9. The van der Waals surface area contributed by atoms with Crippen molar-refractivity contribution in [1.29, 1.82) is 0 Å². The number of amides is 9. The molecule has 1 aromatic heterocycles. The normalized spacial score (nSPS) is 15.6. The molecule has 34 heteroatoms. The number of phenols is 1. The highest BCUT2D eigenvalue weighted by atomic mass is 16.4. The lowest BCUT2D eigenvalue weighted by molar-refractivity contribution is -0.141. The van der Waals surface area contributed by atoms with E-state index in [0.29, 0.717) is 40.4 Å². The topological polar surface area (TPSA) is 511 Å². The number of aliphatic carboxylic acids is 5. The highest BCUT2D eigenvalue weighted by Gasteiger charge is 2.34. The number of phenolic OH excluding ortho intramolecular Hbond substituents is 1. The van der Waals surface area contributed by atoms with Crippen LogP contribution in [0.3, 0.4) is 0 Å². The number of benzene rings is 3. The SMILES string of the molecule is CCCC[C@H](NC(=O)[C@H](Cc1c[nH]c2ccccc12)NC(=O)CCNC(=O)[C@H](Cc1ccc(O)cc1)NC(=O)[C@H](C)NC(=O)[C@@H](CCC(=O)O)NC(=O)CN1CCN(CC(=O)O)CCN(CC(=O)O)CCN(CC(=O)O)CC1)C(=O)N[C@@H](CC(=O)O)C(=O)N[C@@H](Cc1ccccc1)C(N)=O. The van der Waals surface area contributed by atoms with E-state index < -0.39 is 177 Å². The van der Waals surface area contributed by atoms with Crippen molar-refractivity contribution in [3.63, 3.8) is 0 Å². The quantitative estimate of drug-likeness (QED) is 0.0216. The van der Waals surface area contributed by atoms with E-state index in [2.05, 4.69) is 47.5 Å². The van der Waals surface area contributed by atoms with Crippen molar-refractivity contribution in [2.75, 3.05) is 85.1 Å². The summed E-state index contributed by atoms with van der Waals surface area (Å²) in [5, 5.41) is 79.2. The molecule has 0 radical (unpaired) electrons. The van der Waals surface area contributed by atoms with Crippen LogP contribution in [0.5, 0.6) is 5.75 Å². The molecule has 0 aliphatic carbocycles.